The quantitative estimate of drug-likeness (QED) is 0.182. The molecule has 10 nitrogen and oxygen atoms in total. The Kier molecular flexibility index (Phi) is 8.46. The summed E-state index contributed by atoms with van der Waals surface area (Å²) in [5, 5.41) is 32.8. The molecule has 1 aliphatic heterocycles. The number of rotatable bonds is 10. The minimum Gasteiger partial charge on any atom is -0.457 e. The van der Waals surface area contributed by atoms with Crippen LogP contribution in [0.25, 0.3) is 0 Å². The van der Waals surface area contributed by atoms with Crippen LogP contribution >= 0.6 is 0 Å². The molecule has 1 heterocycles. The minimum atomic E-state index is -1.28. The first-order valence-electron chi connectivity index (χ1n) is 17.5. The molecule has 13 unspecified atom stereocenters. The van der Waals surface area contributed by atoms with Gasteiger partial charge in [-0.25, -0.2) is 0 Å². The summed E-state index contributed by atoms with van der Waals surface area (Å²) in [6.45, 7) is 12.8. The molecule has 6 fully saturated rings. The molecule has 0 aromatic heterocycles. The van der Waals surface area contributed by atoms with E-state index in [0.29, 0.717) is 24.5 Å². The third-order valence-electron chi connectivity index (χ3n) is 14.8. The van der Waals surface area contributed by atoms with Gasteiger partial charge in [0.2, 0.25) is 12.1 Å². The molecule has 0 bridgehead atoms. The zero-order valence-corrected chi connectivity index (χ0v) is 28.8. The maximum atomic E-state index is 12.4. The molecule has 46 heavy (non-hydrogen) atoms. The number of esters is 1. The number of hydrogen-bond acceptors (Lipinski definition) is 10. The number of Topliss-reactive ketones (excluding diaryl/α,β-unsaturated/α-hetero) is 1. The molecule has 13 atom stereocenters. The van der Waals surface area contributed by atoms with Gasteiger partial charge in [-0.05, 0) is 111 Å². The molecule has 10 heteroatoms. The van der Waals surface area contributed by atoms with Crippen LogP contribution in [0.2, 0.25) is 0 Å². The summed E-state index contributed by atoms with van der Waals surface area (Å²) in [7, 11) is 0. The van der Waals surface area contributed by atoms with Gasteiger partial charge in [-0.15, -0.1) is 0 Å². The molecule has 1 saturated heterocycles. The van der Waals surface area contributed by atoms with Crippen LogP contribution in [0, 0.1) is 44.8 Å². The Morgan fingerprint density at radius 2 is 1.67 bits per heavy atom. The average Bonchev–Trinajstić information content (AvgIpc) is 3.63. The number of aliphatic hydroxyl groups is 3. The number of hydrogen-bond donors (Lipinski definition) is 3. The fourth-order valence-corrected chi connectivity index (χ4v) is 12.7. The fraction of sp³-hybridized carbons (Fsp3) is 0.917. The van der Waals surface area contributed by atoms with Gasteiger partial charge in [0, 0.05) is 12.3 Å². The van der Waals surface area contributed by atoms with Gasteiger partial charge in [-0.3, -0.25) is 9.59 Å². The van der Waals surface area contributed by atoms with Gasteiger partial charge in [0.15, 0.2) is 6.10 Å². The van der Waals surface area contributed by atoms with Crippen molar-refractivity contribution in [2.24, 2.45) is 44.8 Å². The van der Waals surface area contributed by atoms with E-state index in [1.807, 2.05) is 0 Å². The molecular weight excluding hydrogens is 592 g/mol. The van der Waals surface area contributed by atoms with Crippen LogP contribution in [0.15, 0.2) is 0 Å². The standard InChI is InChI=1S/C36H56O10/c1-20(39)44-29(32(4,5)42)23-9-8-21-27(45-23)28(41)34(7)25-11-10-24-31(2,3)26(46-30(22(40)18-38)43-17-16-37)12-13-35(24)19-36(25,35)15-14-33(21,34)6/h16,21,23-30,38,41-42H,8-15,17-19H2,1-7H3. The highest BCUT2D eigenvalue weighted by Crippen LogP contribution is 2.89. The van der Waals surface area contributed by atoms with E-state index >= 15 is 0 Å². The van der Waals surface area contributed by atoms with Gasteiger partial charge >= 0.3 is 5.97 Å². The van der Waals surface area contributed by atoms with Gasteiger partial charge in [-0.1, -0.05) is 27.7 Å². The topological polar surface area (TPSA) is 149 Å². The van der Waals surface area contributed by atoms with Crippen molar-refractivity contribution in [1.82, 2.24) is 0 Å². The van der Waals surface area contributed by atoms with Gasteiger partial charge < -0.3 is 39.1 Å². The van der Waals surface area contributed by atoms with E-state index in [9.17, 15) is 29.7 Å². The average molecular weight is 649 g/mol. The minimum absolute atomic E-state index is 0.107. The van der Waals surface area contributed by atoms with Gasteiger partial charge in [-0.2, -0.15) is 0 Å². The van der Waals surface area contributed by atoms with E-state index in [2.05, 4.69) is 27.7 Å². The number of ether oxygens (including phenoxy) is 4. The summed E-state index contributed by atoms with van der Waals surface area (Å²) < 4.78 is 24.0. The predicted molar refractivity (Wildman–Crippen MR) is 166 cm³/mol. The van der Waals surface area contributed by atoms with Crippen LogP contribution in [-0.2, 0) is 33.3 Å². The lowest BCUT2D eigenvalue weighted by molar-refractivity contribution is -0.229. The first-order valence-corrected chi connectivity index (χ1v) is 17.5. The van der Waals surface area contributed by atoms with Crippen molar-refractivity contribution in [2.45, 2.75) is 149 Å². The monoisotopic (exact) mass is 648 g/mol. The van der Waals surface area contributed by atoms with E-state index in [-0.39, 0.29) is 51.8 Å². The molecule has 0 amide bonds. The second kappa shape index (κ2) is 11.3. The summed E-state index contributed by atoms with van der Waals surface area (Å²) in [6.07, 6.45) is 5.23. The molecule has 260 valence electrons. The molecule has 2 spiro atoms. The number of carbonyl (C=O) groups is 3. The molecular formula is C36H56O10. The lowest BCUT2D eigenvalue weighted by Gasteiger charge is -2.63. The Hall–Kier alpha value is -1.43. The highest BCUT2D eigenvalue weighted by atomic mass is 16.7. The molecule has 6 aliphatic rings. The maximum absolute atomic E-state index is 12.4. The van der Waals surface area contributed by atoms with Gasteiger partial charge in [0.05, 0.1) is 30.0 Å². The smallest absolute Gasteiger partial charge is 0.303 e. The summed E-state index contributed by atoms with van der Waals surface area (Å²) in [5.41, 5.74) is -1.73. The predicted octanol–water partition coefficient (Wildman–Crippen LogP) is 3.74. The molecule has 6 rings (SSSR count). The number of carbonyl (C=O) groups excluding carboxylic acids is 3. The molecule has 0 aromatic carbocycles. The van der Waals surface area contributed by atoms with Crippen molar-refractivity contribution in [3.63, 3.8) is 0 Å². The van der Waals surface area contributed by atoms with Crippen molar-refractivity contribution in [3.8, 4) is 0 Å². The zero-order valence-electron chi connectivity index (χ0n) is 28.8. The van der Waals surface area contributed by atoms with Crippen LogP contribution in [0.5, 0.6) is 0 Å². The van der Waals surface area contributed by atoms with Crippen LogP contribution in [-0.4, -0.2) is 89.0 Å². The van der Waals surface area contributed by atoms with Crippen LogP contribution in [0.3, 0.4) is 0 Å². The summed E-state index contributed by atoms with van der Waals surface area (Å²) in [6, 6.07) is 0. The van der Waals surface area contributed by atoms with Crippen molar-refractivity contribution in [2.75, 3.05) is 13.2 Å². The summed E-state index contributed by atoms with van der Waals surface area (Å²) in [5.74, 6) is -0.143. The second-order valence-electron chi connectivity index (χ2n) is 17.3. The van der Waals surface area contributed by atoms with Crippen LogP contribution < -0.4 is 0 Å². The Morgan fingerprint density at radius 3 is 2.30 bits per heavy atom. The van der Waals surface area contributed by atoms with E-state index < -0.39 is 48.6 Å². The third kappa shape index (κ3) is 4.67. The van der Waals surface area contributed by atoms with E-state index in [4.69, 9.17) is 18.9 Å². The van der Waals surface area contributed by atoms with E-state index in [1.165, 1.54) is 6.92 Å². The number of aldehydes is 1. The third-order valence-corrected chi connectivity index (χ3v) is 14.8. The second-order valence-corrected chi connectivity index (χ2v) is 17.3. The fourth-order valence-electron chi connectivity index (χ4n) is 12.7. The summed E-state index contributed by atoms with van der Waals surface area (Å²) >= 11 is 0. The van der Waals surface area contributed by atoms with Crippen molar-refractivity contribution >= 4 is 18.0 Å². The highest BCUT2D eigenvalue weighted by molar-refractivity contribution is 5.83. The Bertz CT molecular complexity index is 1230. The number of aliphatic hydroxyl groups excluding tert-OH is 2. The summed E-state index contributed by atoms with van der Waals surface area (Å²) in [4.78, 5) is 35.3. The van der Waals surface area contributed by atoms with Crippen molar-refractivity contribution < 1.29 is 48.7 Å². The number of fused-ring (bicyclic) bond motifs is 4. The van der Waals surface area contributed by atoms with Crippen LogP contribution in [0.4, 0.5) is 0 Å². The Morgan fingerprint density at radius 1 is 1.00 bits per heavy atom. The highest BCUT2D eigenvalue weighted by Gasteiger charge is 2.84. The maximum Gasteiger partial charge on any atom is 0.303 e. The lowest BCUT2D eigenvalue weighted by atomic mass is 9.41. The van der Waals surface area contributed by atoms with E-state index in [0.717, 1.165) is 51.4 Å². The molecule has 0 radical (unpaired) electrons. The van der Waals surface area contributed by atoms with Gasteiger partial charge in [0.25, 0.3) is 0 Å². The molecule has 5 saturated carbocycles. The largest absolute Gasteiger partial charge is 0.457 e. The first kappa shape index (κ1) is 34.4. The lowest BCUT2D eigenvalue weighted by Crippen LogP contribution is -2.60. The Balaban J connectivity index is 1.25. The molecule has 3 N–H and O–H groups in total. The van der Waals surface area contributed by atoms with Crippen molar-refractivity contribution in [3.05, 3.63) is 0 Å². The normalized spacial score (nSPS) is 46.8. The Labute approximate surface area is 273 Å². The van der Waals surface area contributed by atoms with Crippen molar-refractivity contribution in [1.29, 1.82) is 0 Å². The molecule has 5 aliphatic carbocycles. The zero-order chi connectivity index (χ0) is 33.7. The van der Waals surface area contributed by atoms with E-state index in [1.54, 1.807) is 13.8 Å². The SMILES string of the molecule is CC(=O)OC(C1CCC2C(O1)C(O)C1(C)C3CCC4C(C)(C)C(OC(OCC=O)C(=O)CO)CCC45CC35CCC21C)C(C)(C)O. The number of ketones is 1. The first-order chi connectivity index (χ1) is 21.4. The van der Waals surface area contributed by atoms with Gasteiger partial charge in [0.1, 0.15) is 19.5 Å². The molecule has 0 aromatic rings. The van der Waals surface area contributed by atoms with Crippen LogP contribution in [0.1, 0.15) is 106 Å².